The summed E-state index contributed by atoms with van der Waals surface area (Å²) in [7, 11) is 0. The van der Waals surface area contributed by atoms with Gasteiger partial charge in [0.15, 0.2) is 0 Å². The topological polar surface area (TPSA) is 17.1 Å². The molecule has 0 radical (unpaired) electrons. The molecule has 86 valence electrons. The molecule has 1 heteroatoms. The Bertz CT molecular complexity index is 194. The SMILES string of the molecule is O=C1CC/C=C/CCCCCCCCC1. The minimum absolute atomic E-state index is 0.455. The van der Waals surface area contributed by atoms with E-state index >= 15 is 0 Å². The van der Waals surface area contributed by atoms with Crippen molar-refractivity contribution < 1.29 is 4.79 Å². The Kier molecular flexibility index (Phi) is 7.24. The first kappa shape index (κ1) is 12.5. The third-order valence-electron chi connectivity index (χ3n) is 3.08. The van der Waals surface area contributed by atoms with Crippen LogP contribution in [0.1, 0.15) is 70.6 Å². The zero-order valence-electron chi connectivity index (χ0n) is 9.84. The van der Waals surface area contributed by atoms with E-state index in [1.54, 1.807) is 0 Å². The smallest absolute Gasteiger partial charge is 0.133 e. The number of carbonyl (C=O) groups excluding carboxylic acids is 1. The van der Waals surface area contributed by atoms with Gasteiger partial charge in [-0.2, -0.15) is 0 Å². The van der Waals surface area contributed by atoms with E-state index in [1.165, 1.54) is 44.9 Å². The van der Waals surface area contributed by atoms with Crippen LogP contribution in [-0.4, -0.2) is 5.78 Å². The van der Waals surface area contributed by atoms with Gasteiger partial charge in [-0.3, -0.25) is 4.79 Å². The molecule has 1 nitrogen and oxygen atoms in total. The fourth-order valence-electron chi connectivity index (χ4n) is 2.07. The number of hydrogen-bond acceptors (Lipinski definition) is 1. The average Bonchev–Trinajstić information content (AvgIpc) is 2.24. The third kappa shape index (κ3) is 7.35. The van der Waals surface area contributed by atoms with Gasteiger partial charge in [-0.1, -0.05) is 44.3 Å². The van der Waals surface area contributed by atoms with Crippen molar-refractivity contribution in [1.29, 1.82) is 0 Å². The first-order chi connectivity index (χ1) is 7.39. The van der Waals surface area contributed by atoms with Crippen molar-refractivity contribution in [2.75, 3.05) is 0 Å². The van der Waals surface area contributed by atoms with Crippen molar-refractivity contribution >= 4 is 5.78 Å². The van der Waals surface area contributed by atoms with E-state index in [0.717, 1.165) is 25.7 Å². The molecule has 15 heavy (non-hydrogen) atoms. The molecule has 0 aromatic rings. The van der Waals surface area contributed by atoms with Crippen LogP contribution in [0.3, 0.4) is 0 Å². The summed E-state index contributed by atoms with van der Waals surface area (Å²) in [5.74, 6) is 0.455. The average molecular weight is 208 g/mol. The summed E-state index contributed by atoms with van der Waals surface area (Å²) in [5, 5.41) is 0. The molecule has 0 saturated heterocycles. The second-order valence-electron chi connectivity index (χ2n) is 4.56. The Labute approximate surface area is 93.9 Å². The Morgan fingerprint density at radius 2 is 1.27 bits per heavy atom. The van der Waals surface area contributed by atoms with E-state index in [2.05, 4.69) is 12.2 Å². The van der Waals surface area contributed by atoms with Crippen LogP contribution in [0.25, 0.3) is 0 Å². The van der Waals surface area contributed by atoms with E-state index < -0.39 is 0 Å². The van der Waals surface area contributed by atoms with Gasteiger partial charge in [0.05, 0.1) is 0 Å². The molecule has 0 fully saturated rings. The van der Waals surface area contributed by atoms with E-state index in [1.807, 2.05) is 0 Å². The van der Waals surface area contributed by atoms with Gasteiger partial charge in [0.25, 0.3) is 0 Å². The summed E-state index contributed by atoms with van der Waals surface area (Å²) in [4.78, 5) is 11.4. The third-order valence-corrected chi connectivity index (χ3v) is 3.08. The molecule has 0 aromatic heterocycles. The van der Waals surface area contributed by atoms with E-state index in [0.29, 0.717) is 5.78 Å². The second kappa shape index (κ2) is 8.70. The van der Waals surface area contributed by atoms with E-state index in [-0.39, 0.29) is 0 Å². The molecular weight excluding hydrogens is 184 g/mol. The van der Waals surface area contributed by atoms with Crippen molar-refractivity contribution in [3.8, 4) is 0 Å². The van der Waals surface area contributed by atoms with Gasteiger partial charge in [-0.15, -0.1) is 0 Å². The Hall–Kier alpha value is -0.590. The molecule has 0 aliphatic heterocycles. The predicted molar refractivity (Wildman–Crippen MR) is 64.9 cm³/mol. The molecule has 0 aromatic carbocycles. The lowest BCUT2D eigenvalue weighted by Gasteiger charge is -2.02. The fraction of sp³-hybridized carbons (Fsp3) is 0.786. The number of hydrogen-bond donors (Lipinski definition) is 0. The standard InChI is InChI=1S/C14H24O/c15-14-12-10-8-6-4-2-1-3-5-7-9-11-13-14/h6,8H,1-5,7,9-13H2/b8-6+. The molecule has 0 saturated carbocycles. The van der Waals surface area contributed by atoms with Crippen LogP contribution in [0.15, 0.2) is 12.2 Å². The highest BCUT2D eigenvalue weighted by Gasteiger charge is 2.00. The van der Waals surface area contributed by atoms with E-state index in [9.17, 15) is 4.79 Å². The minimum atomic E-state index is 0.455. The van der Waals surface area contributed by atoms with Crippen LogP contribution >= 0.6 is 0 Å². The molecule has 1 aliphatic carbocycles. The van der Waals surface area contributed by atoms with Gasteiger partial charge in [0, 0.05) is 12.8 Å². The van der Waals surface area contributed by atoms with Crippen LogP contribution in [0.4, 0.5) is 0 Å². The summed E-state index contributed by atoms with van der Waals surface area (Å²) in [6.45, 7) is 0. The fourth-order valence-corrected chi connectivity index (χ4v) is 2.07. The second-order valence-corrected chi connectivity index (χ2v) is 4.56. The monoisotopic (exact) mass is 208 g/mol. The largest absolute Gasteiger partial charge is 0.300 e. The number of Topliss-reactive ketones (excluding diaryl/α,β-unsaturated/α-hetero) is 1. The van der Waals surface area contributed by atoms with Crippen molar-refractivity contribution in [1.82, 2.24) is 0 Å². The van der Waals surface area contributed by atoms with Gasteiger partial charge >= 0.3 is 0 Å². The zero-order valence-corrected chi connectivity index (χ0v) is 9.84. The van der Waals surface area contributed by atoms with Gasteiger partial charge in [0.1, 0.15) is 5.78 Å². The molecule has 0 atom stereocenters. The summed E-state index contributed by atoms with van der Waals surface area (Å²) < 4.78 is 0. The lowest BCUT2D eigenvalue weighted by Crippen LogP contribution is -1.96. The molecule has 1 aliphatic rings. The molecule has 0 bridgehead atoms. The molecular formula is C14H24O. The lowest BCUT2D eigenvalue weighted by atomic mass is 10.0. The number of ketones is 1. The maximum absolute atomic E-state index is 11.4. The number of allylic oxidation sites excluding steroid dienone is 2. The highest BCUT2D eigenvalue weighted by molar-refractivity contribution is 5.78. The quantitative estimate of drug-likeness (QED) is 0.539. The first-order valence-electron chi connectivity index (χ1n) is 6.56. The molecule has 0 N–H and O–H groups in total. The number of carbonyl (C=O) groups is 1. The van der Waals surface area contributed by atoms with Crippen LogP contribution in [0.5, 0.6) is 0 Å². The van der Waals surface area contributed by atoms with E-state index in [4.69, 9.17) is 0 Å². The maximum Gasteiger partial charge on any atom is 0.133 e. The van der Waals surface area contributed by atoms with Crippen molar-refractivity contribution in [2.24, 2.45) is 0 Å². The maximum atomic E-state index is 11.4. The Morgan fingerprint density at radius 1 is 0.667 bits per heavy atom. The predicted octanol–water partition coefficient (Wildman–Crippen LogP) is 4.42. The zero-order chi connectivity index (χ0) is 10.8. The molecule has 0 unspecified atom stereocenters. The molecule has 0 heterocycles. The van der Waals surface area contributed by atoms with Crippen LogP contribution in [0, 0.1) is 0 Å². The first-order valence-corrected chi connectivity index (χ1v) is 6.56. The normalized spacial score (nSPS) is 24.4. The summed E-state index contributed by atoms with van der Waals surface area (Å²) in [5.41, 5.74) is 0. The van der Waals surface area contributed by atoms with Crippen LogP contribution in [-0.2, 0) is 4.79 Å². The minimum Gasteiger partial charge on any atom is -0.300 e. The highest BCUT2D eigenvalue weighted by Crippen LogP contribution is 2.12. The van der Waals surface area contributed by atoms with Crippen LogP contribution in [0.2, 0.25) is 0 Å². The number of rotatable bonds is 0. The van der Waals surface area contributed by atoms with Gasteiger partial charge in [0.2, 0.25) is 0 Å². The summed E-state index contributed by atoms with van der Waals surface area (Å²) >= 11 is 0. The van der Waals surface area contributed by atoms with Gasteiger partial charge < -0.3 is 0 Å². The van der Waals surface area contributed by atoms with Crippen LogP contribution < -0.4 is 0 Å². The van der Waals surface area contributed by atoms with Crippen molar-refractivity contribution in [2.45, 2.75) is 70.6 Å². The molecule has 1 rings (SSSR count). The van der Waals surface area contributed by atoms with Crippen molar-refractivity contribution in [3.05, 3.63) is 12.2 Å². The van der Waals surface area contributed by atoms with Gasteiger partial charge in [-0.05, 0) is 25.7 Å². The lowest BCUT2D eigenvalue weighted by molar-refractivity contribution is -0.119. The summed E-state index contributed by atoms with van der Waals surface area (Å²) in [6.07, 6.45) is 17.3. The summed E-state index contributed by atoms with van der Waals surface area (Å²) in [6, 6.07) is 0. The highest BCUT2D eigenvalue weighted by atomic mass is 16.1. The Morgan fingerprint density at radius 3 is 2.07 bits per heavy atom. The molecule has 0 amide bonds. The van der Waals surface area contributed by atoms with Crippen molar-refractivity contribution in [3.63, 3.8) is 0 Å². The Balaban J connectivity index is 2.22. The molecule has 0 spiro atoms. The van der Waals surface area contributed by atoms with Gasteiger partial charge in [-0.25, -0.2) is 0 Å².